The first-order valence-corrected chi connectivity index (χ1v) is 6.19. The van der Waals surface area contributed by atoms with Crippen LogP contribution in [0, 0.1) is 0 Å². The lowest BCUT2D eigenvalue weighted by Gasteiger charge is -2.21. The highest BCUT2D eigenvalue weighted by Gasteiger charge is 2.19. The predicted octanol–water partition coefficient (Wildman–Crippen LogP) is 3.94. The molecular weight excluding hydrogens is 252 g/mol. The van der Waals surface area contributed by atoms with Gasteiger partial charge in [-0.3, -0.25) is 0 Å². The molecule has 0 aromatic heterocycles. The molecule has 15 heavy (non-hydrogen) atoms. The van der Waals surface area contributed by atoms with Gasteiger partial charge in [0.15, 0.2) is 0 Å². The molecule has 1 unspecified atom stereocenters. The number of hydrogen-bond acceptors (Lipinski definition) is 1. The second kappa shape index (κ2) is 4.95. The maximum absolute atomic E-state index is 10.2. The lowest BCUT2D eigenvalue weighted by molar-refractivity contribution is 0.208. The van der Waals surface area contributed by atoms with Crippen molar-refractivity contribution in [1.29, 1.82) is 0 Å². The third-order valence-electron chi connectivity index (χ3n) is 2.89. The molecule has 0 bridgehead atoms. The quantitative estimate of drug-likeness (QED) is 0.860. The minimum atomic E-state index is -0.430. The summed E-state index contributed by atoms with van der Waals surface area (Å²) in [6.45, 7) is 0. The number of benzene rings is 1. The normalized spacial score (nSPS) is 19.1. The molecule has 2 heteroatoms. The summed E-state index contributed by atoms with van der Waals surface area (Å²) in [5.74, 6) is 0. The van der Waals surface area contributed by atoms with Crippen molar-refractivity contribution in [3.05, 3.63) is 46.0 Å². The molecule has 2 rings (SSSR count). The Kier molecular flexibility index (Phi) is 3.60. The fraction of sp³-hybridized carbons (Fsp3) is 0.385. The van der Waals surface area contributed by atoms with Crippen molar-refractivity contribution < 1.29 is 5.11 Å². The van der Waals surface area contributed by atoms with Gasteiger partial charge in [-0.2, -0.15) is 0 Å². The molecule has 0 spiro atoms. The smallest absolute Gasteiger partial charge is 0.101 e. The molecule has 0 heterocycles. The summed E-state index contributed by atoms with van der Waals surface area (Å²) in [6.07, 6.45) is 4.07. The van der Waals surface area contributed by atoms with Crippen LogP contribution in [0.15, 0.2) is 40.4 Å². The van der Waals surface area contributed by atoms with E-state index in [1.165, 1.54) is 17.3 Å². The molecule has 80 valence electrons. The monoisotopic (exact) mass is 266 g/mol. The Morgan fingerprint density at radius 3 is 2.40 bits per heavy atom. The molecule has 1 aromatic rings. The van der Waals surface area contributed by atoms with Crippen LogP contribution in [0.3, 0.4) is 0 Å². The Bertz CT molecular complexity index is 356. The van der Waals surface area contributed by atoms with Crippen LogP contribution < -0.4 is 0 Å². The zero-order chi connectivity index (χ0) is 10.7. The van der Waals surface area contributed by atoms with Crippen LogP contribution in [0.1, 0.15) is 37.4 Å². The Balaban J connectivity index is 2.24. The second-order valence-electron chi connectivity index (χ2n) is 3.95. The van der Waals surface area contributed by atoms with Gasteiger partial charge in [0.1, 0.15) is 6.10 Å². The summed E-state index contributed by atoms with van der Waals surface area (Å²) in [6, 6.07) is 9.87. The molecule has 0 fully saturated rings. The molecule has 0 saturated carbocycles. The van der Waals surface area contributed by atoms with E-state index in [1.54, 1.807) is 0 Å². The number of hydrogen-bond donors (Lipinski definition) is 1. The Morgan fingerprint density at radius 2 is 1.73 bits per heavy atom. The van der Waals surface area contributed by atoms with E-state index in [-0.39, 0.29) is 0 Å². The molecule has 0 aliphatic heterocycles. The van der Waals surface area contributed by atoms with Crippen molar-refractivity contribution in [2.45, 2.75) is 31.8 Å². The highest BCUT2D eigenvalue weighted by Crippen LogP contribution is 2.36. The Morgan fingerprint density at radius 1 is 1.07 bits per heavy atom. The molecule has 1 N–H and O–H groups in total. The van der Waals surface area contributed by atoms with Crippen molar-refractivity contribution in [1.82, 2.24) is 0 Å². The maximum Gasteiger partial charge on any atom is 0.101 e. The van der Waals surface area contributed by atoms with Gasteiger partial charge in [-0.05, 0) is 41.3 Å². The van der Waals surface area contributed by atoms with Crippen LogP contribution in [-0.2, 0) is 0 Å². The molecule has 1 aliphatic rings. The first-order chi connectivity index (χ1) is 7.29. The molecular formula is C13H15BrO. The second-order valence-corrected chi connectivity index (χ2v) is 4.91. The van der Waals surface area contributed by atoms with Crippen LogP contribution in [0.5, 0.6) is 0 Å². The summed E-state index contributed by atoms with van der Waals surface area (Å²) in [5, 5.41) is 10.2. The van der Waals surface area contributed by atoms with Gasteiger partial charge >= 0.3 is 0 Å². The minimum absolute atomic E-state index is 0.430. The van der Waals surface area contributed by atoms with Gasteiger partial charge in [-0.15, -0.1) is 0 Å². The zero-order valence-electron chi connectivity index (χ0n) is 8.62. The van der Waals surface area contributed by atoms with Crippen LogP contribution in [0.25, 0.3) is 0 Å². The van der Waals surface area contributed by atoms with E-state index < -0.39 is 6.10 Å². The number of aliphatic hydroxyl groups excluding tert-OH is 1. The van der Waals surface area contributed by atoms with Crippen LogP contribution in [0.4, 0.5) is 0 Å². The highest BCUT2D eigenvalue weighted by molar-refractivity contribution is 9.11. The van der Waals surface area contributed by atoms with Crippen molar-refractivity contribution in [3.8, 4) is 0 Å². The molecule has 1 aromatic carbocycles. The Labute approximate surface area is 99.0 Å². The molecule has 1 aliphatic carbocycles. The number of rotatable bonds is 2. The summed E-state index contributed by atoms with van der Waals surface area (Å²) >= 11 is 3.57. The maximum atomic E-state index is 10.2. The van der Waals surface area contributed by atoms with Gasteiger partial charge in [0.2, 0.25) is 0 Å². The van der Waals surface area contributed by atoms with Gasteiger partial charge in [-0.25, -0.2) is 0 Å². The fourth-order valence-electron chi connectivity index (χ4n) is 2.01. The largest absolute Gasteiger partial charge is 0.384 e. The summed E-state index contributed by atoms with van der Waals surface area (Å²) < 4.78 is 1.20. The van der Waals surface area contributed by atoms with Gasteiger partial charge in [0.05, 0.1) is 0 Å². The molecule has 1 atom stereocenters. The van der Waals surface area contributed by atoms with E-state index in [2.05, 4.69) is 15.9 Å². The van der Waals surface area contributed by atoms with Crippen molar-refractivity contribution in [2.24, 2.45) is 0 Å². The third-order valence-corrected chi connectivity index (χ3v) is 3.79. The summed E-state index contributed by atoms with van der Waals surface area (Å²) in [7, 11) is 0. The first-order valence-electron chi connectivity index (χ1n) is 5.39. The van der Waals surface area contributed by atoms with E-state index in [0.717, 1.165) is 24.0 Å². The topological polar surface area (TPSA) is 20.2 Å². The molecule has 0 amide bonds. The SMILES string of the molecule is OC(C1=C(Br)CCCC1)c1ccccc1. The molecule has 1 nitrogen and oxygen atoms in total. The highest BCUT2D eigenvalue weighted by atomic mass is 79.9. The van der Waals surface area contributed by atoms with Gasteiger partial charge in [0.25, 0.3) is 0 Å². The lowest BCUT2D eigenvalue weighted by Crippen LogP contribution is -2.06. The fourth-order valence-corrected chi connectivity index (χ4v) is 2.71. The van der Waals surface area contributed by atoms with Crippen molar-refractivity contribution >= 4 is 15.9 Å². The first kappa shape index (κ1) is 10.9. The van der Waals surface area contributed by atoms with Gasteiger partial charge in [-0.1, -0.05) is 46.3 Å². The van der Waals surface area contributed by atoms with E-state index in [1.807, 2.05) is 30.3 Å². The summed E-state index contributed by atoms with van der Waals surface area (Å²) in [5.41, 5.74) is 2.15. The van der Waals surface area contributed by atoms with E-state index in [0.29, 0.717) is 0 Å². The third kappa shape index (κ3) is 2.50. The standard InChI is InChI=1S/C13H15BrO/c14-12-9-5-4-8-11(12)13(15)10-6-2-1-3-7-10/h1-3,6-7,13,15H,4-5,8-9H2. The Hall–Kier alpha value is -0.600. The predicted molar refractivity (Wildman–Crippen MR) is 65.8 cm³/mol. The minimum Gasteiger partial charge on any atom is -0.384 e. The lowest BCUT2D eigenvalue weighted by atomic mass is 9.92. The van der Waals surface area contributed by atoms with Gasteiger partial charge < -0.3 is 5.11 Å². The average Bonchev–Trinajstić information content (AvgIpc) is 2.30. The van der Waals surface area contributed by atoms with Crippen molar-refractivity contribution in [3.63, 3.8) is 0 Å². The van der Waals surface area contributed by atoms with Gasteiger partial charge in [0, 0.05) is 0 Å². The van der Waals surface area contributed by atoms with Crippen LogP contribution in [-0.4, -0.2) is 5.11 Å². The van der Waals surface area contributed by atoms with E-state index in [9.17, 15) is 5.11 Å². The summed E-state index contributed by atoms with van der Waals surface area (Å²) in [4.78, 5) is 0. The zero-order valence-corrected chi connectivity index (χ0v) is 10.2. The van der Waals surface area contributed by atoms with E-state index >= 15 is 0 Å². The number of allylic oxidation sites excluding steroid dienone is 1. The molecule has 0 saturated heterocycles. The van der Waals surface area contributed by atoms with Crippen molar-refractivity contribution in [2.75, 3.05) is 0 Å². The number of halogens is 1. The number of aliphatic hydroxyl groups is 1. The average molecular weight is 267 g/mol. The molecule has 0 radical (unpaired) electrons. The van der Waals surface area contributed by atoms with E-state index in [4.69, 9.17) is 0 Å². The van der Waals surface area contributed by atoms with Crippen LogP contribution in [0.2, 0.25) is 0 Å². The van der Waals surface area contributed by atoms with Crippen LogP contribution >= 0.6 is 15.9 Å².